The summed E-state index contributed by atoms with van der Waals surface area (Å²) in [5.74, 6) is -0.199. The smallest absolute Gasteiger partial charge is 0.255 e. The quantitative estimate of drug-likeness (QED) is 0.624. The van der Waals surface area contributed by atoms with Gasteiger partial charge in [0.15, 0.2) is 0 Å². The maximum absolute atomic E-state index is 14.5. The first-order valence-electron chi connectivity index (χ1n) is 9.82. The van der Waals surface area contributed by atoms with Crippen LogP contribution in [-0.2, 0) is 6.61 Å². The Morgan fingerprint density at radius 2 is 1.72 bits per heavy atom. The number of carbonyl (C=O) groups excluding carboxylic acids is 1. The molecule has 29 heavy (non-hydrogen) atoms. The van der Waals surface area contributed by atoms with Crippen molar-refractivity contribution in [3.8, 4) is 5.75 Å². The first-order chi connectivity index (χ1) is 14.2. The fourth-order valence-electron chi connectivity index (χ4n) is 3.51. The molecule has 1 amide bonds. The summed E-state index contributed by atoms with van der Waals surface area (Å²) in [5.41, 5.74) is 2.43. The topological polar surface area (TPSA) is 41.6 Å². The minimum atomic E-state index is -0.431. The van der Waals surface area contributed by atoms with Crippen LogP contribution >= 0.6 is 0 Å². The fraction of sp³-hybridized carbons (Fsp3) is 0.208. The fourth-order valence-corrected chi connectivity index (χ4v) is 3.51. The third-order valence-corrected chi connectivity index (χ3v) is 5.02. The van der Waals surface area contributed by atoms with Gasteiger partial charge in [0.05, 0.1) is 5.69 Å². The molecule has 3 aromatic carbocycles. The van der Waals surface area contributed by atoms with Crippen molar-refractivity contribution in [3.63, 3.8) is 0 Å². The number of anilines is 2. The number of halogens is 1. The van der Waals surface area contributed by atoms with Gasteiger partial charge in [-0.3, -0.25) is 4.79 Å². The summed E-state index contributed by atoms with van der Waals surface area (Å²) in [7, 11) is 0. The Morgan fingerprint density at radius 1 is 0.966 bits per heavy atom. The van der Waals surface area contributed by atoms with Crippen molar-refractivity contribution >= 4 is 17.3 Å². The highest BCUT2D eigenvalue weighted by Gasteiger charge is 2.20. The molecule has 3 aromatic rings. The molecule has 0 bridgehead atoms. The third kappa shape index (κ3) is 4.57. The van der Waals surface area contributed by atoms with Crippen LogP contribution in [0.2, 0.25) is 0 Å². The summed E-state index contributed by atoms with van der Waals surface area (Å²) in [6.07, 6.45) is 2.15. The van der Waals surface area contributed by atoms with Crippen molar-refractivity contribution in [2.24, 2.45) is 0 Å². The predicted molar refractivity (Wildman–Crippen MR) is 113 cm³/mol. The molecule has 0 aromatic heterocycles. The molecule has 1 N–H and O–H groups in total. The maximum atomic E-state index is 14.5. The van der Waals surface area contributed by atoms with E-state index in [2.05, 4.69) is 10.2 Å². The molecule has 1 fully saturated rings. The standard InChI is InChI=1S/C24H23FN2O2/c25-21-12-7-13-22(27-14-4-5-15-27)23(21)26-24(28)19-10-6-11-20(16-19)29-17-18-8-2-1-3-9-18/h1-3,6-13,16H,4-5,14-15,17H2,(H,26,28). The molecule has 4 nitrogen and oxygen atoms in total. The van der Waals surface area contributed by atoms with Gasteiger partial charge in [0.2, 0.25) is 0 Å². The van der Waals surface area contributed by atoms with Crippen LogP contribution in [0.5, 0.6) is 5.75 Å². The molecule has 4 rings (SSSR count). The lowest BCUT2D eigenvalue weighted by Gasteiger charge is -2.22. The van der Waals surface area contributed by atoms with E-state index in [1.54, 1.807) is 30.3 Å². The van der Waals surface area contributed by atoms with Gasteiger partial charge in [0.1, 0.15) is 23.9 Å². The van der Waals surface area contributed by atoms with E-state index in [4.69, 9.17) is 4.74 Å². The number of rotatable bonds is 6. The molecule has 148 valence electrons. The minimum absolute atomic E-state index is 0.231. The normalized spacial score (nSPS) is 13.3. The van der Waals surface area contributed by atoms with Crippen LogP contribution in [0.1, 0.15) is 28.8 Å². The molecule has 1 saturated heterocycles. The zero-order valence-corrected chi connectivity index (χ0v) is 16.1. The molecule has 0 radical (unpaired) electrons. The Labute approximate surface area is 169 Å². The molecule has 0 atom stereocenters. The maximum Gasteiger partial charge on any atom is 0.255 e. The molecular weight excluding hydrogens is 367 g/mol. The number of para-hydroxylation sites is 1. The highest BCUT2D eigenvalue weighted by Crippen LogP contribution is 2.31. The SMILES string of the molecule is O=C(Nc1c(F)cccc1N1CCCC1)c1cccc(OCc2ccccc2)c1. The first-order valence-corrected chi connectivity index (χ1v) is 9.82. The molecule has 0 saturated carbocycles. The van der Waals surface area contributed by atoms with Crippen molar-refractivity contribution in [3.05, 3.63) is 89.7 Å². The lowest BCUT2D eigenvalue weighted by molar-refractivity contribution is 0.102. The van der Waals surface area contributed by atoms with Crippen LogP contribution in [0, 0.1) is 5.82 Å². The Bertz CT molecular complexity index is 985. The molecule has 5 heteroatoms. The van der Waals surface area contributed by atoms with Crippen molar-refractivity contribution in [1.29, 1.82) is 0 Å². The second-order valence-corrected chi connectivity index (χ2v) is 7.08. The van der Waals surface area contributed by atoms with E-state index in [9.17, 15) is 9.18 Å². The monoisotopic (exact) mass is 390 g/mol. The average molecular weight is 390 g/mol. The summed E-state index contributed by atoms with van der Waals surface area (Å²) in [4.78, 5) is 14.9. The summed E-state index contributed by atoms with van der Waals surface area (Å²) >= 11 is 0. The Hall–Kier alpha value is -3.34. The zero-order valence-electron chi connectivity index (χ0n) is 16.1. The van der Waals surface area contributed by atoms with Crippen LogP contribution in [0.25, 0.3) is 0 Å². The van der Waals surface area contributed by atoms with Crippen molar-refractivity contribution in [1.82, 2.24) is 0 Å². The van der Waals surface area contributed by atoms with Crippen molar-refractivity contribution < 1.29 is 13.9 Å². The number of benzene rings is 3. The third-order valence-electron chi connectivity index (χ3n) is 5.02. The van der Waals surface area contributed by atoms with Gasteiger partial charge in [0.25, 0.3) is 5.91 Å². The van der Waals surface area contributed by atoms with Crippen LogP contribution in [-0.4, -0.2) is 19.0 Å². The van der Waals surface area contributed by atoms with Crippen LogP contribution in [0.3, 0.4) is 0 Å². The number of hydrogen-bond donors (Lipinski definition) is 1. The summed E-state index contributed by atoms with van der Waals surface area (Å²) in [6, 6.07) is 21.7. The van der Waals surface area contributed by atoms with E-state index in [0.29, 0.717) is 17.9 Å². The van der Waals surface area contributed by atoms with Crippen LogP contribution in [0.15, 0.2) is 72.8 Å². The van der Waals surface area contributed by atoms with Crippen molar-refractivity contribution in [2.45, 2.75) is 19.4 Å². The number of ether oxygens (including phenoxy) is 1. The van der Waals surface area contributed by atoms with Crippen LogP contribution < -0.4 is 15.0 Å². The Morgan fingerprint density at radius 3 is 2.52 bits per heavy atom. The number of carbonyl (C=O) groups is 1. The number of nitrogens with one attached hydrogen (secondary N) is 1. The molecule has 0 spiro atoms. The van der Waals surface area contributed by atoms with E-state index in [-0.39, 0.29) is 11.6 Å². The van der Waals surface area contributed by atoms with Crippen LogP contribution in [0.4, 0.5) is 15.8 Å². The average Bonchev–Trinajstić information content (AvgIpc) is 3.29. The van der Waals surface area contributed by atoms with E-state index in [1.165, 1.54) is 6.07 Å². The molecule has 0 aliphatic carbocycles. The summed E-state index contributed by atoms with van der Waals surface area (Å²) < 4.78 is 20.3. The van der Waals surface area contributed by atoms with E-state index in [1.807, 2.05) is 36.4 Å². The van der Waals surface area contributed by atoms with Gasteiger partial charge in [-0.1, -0.05) is 42.5 Å². The van der Waals surface area contributed by atoms with Gasteiger partial charge in [0, 0.05) is 18.7 Å². The van der Waals surface area contributed by atoms with E-state index >= 15 is 0 Å². The number of amides is 1. The van der Waals surface area contributed by atoms with E-state index in [0.717, 1.165) is 37.2 Å². The first kappa shape index (κ1) is 19.0. The second-order valence-electron chi connectivity index (χ2n) is 7.08. The minimum Gasteiger partial charge on any atom is -0.489 e. The van der Waals surface area contributed by atoms with Gasteiger partial charge < -0.3 is 15.0 Å². The number of nitrogens with zero attached hydrogens (tertiary/aromatic N) is 1. The molecular formula is C24H23FN2O2. The zero-order chi connectivity index (χ0) is 20.1. The van der Waals surface area contributed by atoms with Gasteiger partial charge in [-0.15, -0.1) is 0 Å². The summed E-state index contributed by atoms with van der Waals surface area (Å²) in [6.45, 7) is 2.16. The lowest BCUT2D eigenvalue weighted by atomic mass is 10.1. The van der Waals surface area contributed by atoms with Gasteiger partial charge in [-0.25, -0.2) is 4.39 Å². The largest absolute Gasteiger partial charge is 0.489 e. The van der Waals surface area contributed by atoms with E-state index < -0.39 is 5.82 Å². The van der Waals surface area contributed by atoms with Gasteiger partial charge in [-0.2, -0.15) is 0 Å². The van der Waals surface area contributed by atoms with Gasteiger partial charge >= 0.3 is 0 Å². The predicted octanol–water partition coefficient (Wildman–Crippen LogP) is 5.26. The summed E-state index contributed by atoms with van der Waals surface area (Å²) in [5, 5.41) is 2.76. The molecule has 0 unspecified atom stereocenters. The molecule has 1 aliphatic rings. The number of hydrogen-bond acceptors (Lipinski definition) is 3. The highest BCUT2D eigenvalue weighted by molar-refractivity contribution is 6.06. The van der Waals surface area contributed by atoms with Gasteiger partial charge in [-0.05, 0) is 48.7 Å². The second kappa shape index (κ2) is 8.78. The molecule has 1 heterocycles. The Balaban J connectivity index is 1.49. The highest BCUT2D eigenvalue weighted by atomic mass is 19.1. The van der Waals surface area contributed by atoms with Crippen molar-refractivity contribution in [2.75, 3.05) is 23.3 Å². The Kier molecular flexibility index (Phi) is 5.75. The lowest BCUT2D eigenvalue weighted by Crippen LogP contribution is -2.22. The molecule has 1 aliphatic heterocycles.